The third-order valence-corrected chi connectivity index (χ3v) is 3.18. The summed E-state index contributed by atoms with van der Waals surface area (Å²) in [6.07, 6.45) is -0.196. The molecule has 0 aromatic carbocycles. The van der Waals surface area contributed by atoms with Crippen molar-refractivity contribution in [1.82, 2.24) is 5.32 Å². The first kappa shape index (κ1) is 14.7. The summed E-state index contributed by atoms with van der Waals surface area (Å²) < 4.78 is 5.05. The molecule has 0 bridgehead atoms. The van der Waals surface area contributed by atoms with Crippen LogP contribution in [0.1, 0.15) is 31.2 Å². The van der Waals surface area contributed by atoms with Crippen LogP contribution in [0.2, 0.25) is 0 Å². The maximum Gasteiger partial charge on any atom is 0.408 e. The maximum atomic E-state index is 11.7. The van der Waals surface area contributed by atoms with Gasteiger partial charge in [-0.1, -0.05) is 0 Å². The van der Waals surface area contributed by atoms with E-state index in [9.17, 15) is 9.59 Å². The zero-order chi connectivity index (χ0) is 13.8. The van der Waals surface area contributed by atoms with Gasteiger partial charge >= 0.3 is 6.09 Å². The molecule has 1 heterocycles. The molecule has 0 atom stereocenters. The van der Waals surface area contributed by atoms with E-state index in [0.717, 1.165) is 10.4 Å². The molecule has 0 spiro atoms. The van der Waals surface area contributed by atoms with E-state index in [1.54, 1.807) is 32.1 Å². The van der Waals surface area contributed by atoms with E-state index in [1.807, 2.05) is 18.4 Å². The van der Waals surface area contributed by atoms with E-state index in [0.29, 0.717) is 6.42 Å². The Balaban J connectivity index is 2.34. The van der Waals surface area contributed by atoms with E-state index < -0.39 is 11.7 Å². The predicted octanol–water partition coefficient (Wildman–Crippen LogP) is 2.69. The third kappa shape index (κ3) is 5.31. The Morgan fingerprint density at radius 2 is 2.06 bits per heavy atom. The van der Waals surface area contributed by atoms with Crippen LogP contribution in [0.25, 0.3) is 0 Å². The van der Waals surface area contributed by atoms with Gasteiger partial charge in [0.25, 0.3) is 0 Å². The molecule has 0 aliphatic carbocycles. The first-order chi connectivity index (χ1) is 8.28. The molecule has 18 heavy (non-hydrogen) atoms. The molecular weight excluding hydrogens is 250 g/mol. The second-order valence-electron chi connectivity index (χ2n) is 5.10. The lowest BCUT2D eigenvalue weighted by molar-refractivity contribution is -0.117. The second-order valence-corrected chi connectivity index (χ2v) is 6.10. The fourth-order valence-electron chi connectivity index (χ4n) is 1.31. The maximum absolute atomic E-state index is 11.7. The topological polar surface area (TPSA) is 55.4 Å². The molecule has 0 saturated heterocycles. The molecule has 1 N–H and O–H groups in total. The standard InChI is InChI=1S/C13H19NO3S/c1-9-5-6-18-11(9)7-10(15)8-14-12(16)17-13(2,3)4/h5-6H,7-8H2,1-4H3,(H,14,16). The molecule has 0 unspecified atom stereocenters. The van der Waals surface area contributed by atoms with Crippen molar-refractivity contribution in [3.8, 4) is 0 Å². The Morgan fingerprint density at radius 3 is 2.56 bits per heavy atom. The average molecular weight is 269 g/mol. The lowest BCUT2D eigenvalue weighted by Crippen LogP contribution is -2.35. The highest BCUT2D eigenvalue weighted by Gasteiger charge is 2.16. The number of thiophene rings is 1. The van der Waals surface area contributed by atoms with Gasteiger partial charge in [0.2, 0.25) is 0 Å². The highest BCUT2D eigenvalue weighted by Crippen LogP contribution is 2.16. The van der Waals surface area contributed by atoms with E-state index in [2.05, 4.69) is 5.32 Å². The first-order valence-corrected chi connectivity index (χ1v) is 6.67. The number of nitrogens with one attached hydrogen (secondary N) is 1. The number of amides is 1. The van der Waals surface area contributed by atoms with Gasteiger partial charge in [0.1, 0.15) is 5.60 Å². The van der Waals surface area contributed by atoms with Crippen molar-refractivity contribution in [1.29, 1.82) is 0 Å². The Kier molecular flexibility index (Phi) is 4.90. The van der Waals surface area contributed by atoms with Crippen molar-refractivity contribution < 1.29 is 14.3 Å². The number of carbonyl (C=O) groups excluding carboxylic acids is 2. The largest absolute Gasteiger partial charge is 0.444 e. The molecule has 0 aliphatic heterocycles. The smallest absolute Gasteiger partial charge is 0.408 e. The fraction of sp³-hybridized carbons (Fsp3) is 0.538. The van der Waals surface area contributed by atoms with Crippen molar-refractivity contribution in [2.24, 2.45) is 0 Å². The average Bonchev–Trinajstić information content (AvgIpc) is 2.59. The van der Waals surface area contributed by atoms with Crippen molar-refractivity contribution in [2.45, 2.75) is 39.7 Å². The third-order valence-electron chi connectivity index (χ3n) is 2.15. The number of ether oxygens (including phenoxy) is 1. The zero-order valence-corrected chi connectivity index (χ0v) is 12.0. The second kappa shape index (κ2) is 6.00. The van der Waals surface area contributed by atoms with Crippen LogP contribution in [0.5, 0.6) is 0 Å². The Bertz CT molecular complexity index is 432. The number of hydrogen-bond donors (Lipinski definition) is 1. The van der Waals surface area contributed by atoms with Crippen molar-refractivity contribution in [3.63, 3.8) is 0 Å². The van der Waals surface area contributed by atoms with Gasteiger partial charge in [-0.3, -0.25) is 4.79 Å². The molecule has 5 heteroatoms. The van der Waals surface area contributed by atoms with Crippen LogP contribution in [0, 0.1) is 6.92 Å². The Labute approximate surface area is 111 Å². The highest BCUT2D eigenvalue weighted by atomic mass is 32.1. The summed E-state index contributed by atoms with van der Waals surface area (Å²) in [5.74, 6) is -0.0218. The Hall–Kier alpha value is -1.36. The van der Waals surface area contributed by atoms with E-state index in [-0.39, 0.29) is 12.3 Å². The number of rotatable bonds is 4. The molecule has 4 nitrogen and oxygen atoms in total. The van der Waals surface area contributed by atoms with Crippen LogP contribution in [0.4, 0.5) is 4.79 Å². The number of Topliss-reactive ketones (excluding diaryl/α,β-unsaturated/α-hetero) is 1. The molecule has 0 saturated carbocycles. The SMILES string of the molecule is Cc1ccsc1CC(=O)CNC(=O)OC(C)(C)C. The molecule has 1 amide bonds. The van der Waals surface area contributed by atoms with Gasteiger partial charge in [0.05, 0.1) is 6.54 Å². The molecule has 0 fully saturated rings. The molecule has 0 aliphatic rings. The molecule has 1 rings (SSSR count). The lowest BCUT2D eigenvalue weighted by Gasteiger charge is -2.19. The predicted molar refractivity (Wildman–Crippen MR) is 72.0 cm³/mol. The van der Waals surface area contributed by atoms with Gasteiger partial charge in [-0.25, -0.2) is 4.79 Å². The normalized spacial score (nSPS) is 11.1. The van der Waals surface area contributed by atoms with Crippen LogP contribution in [-0.4, -0.2) is 24.0 Å². The van der Waals surface area contributed by atoms with Crippen LogP contribution in [0.3, 0.4) is 0 Å². The van der Waals surface area contributed by atoms with E-state index in [4.69, 9.17) is 4.74 Å². The molecule has 100 valence electrons. The summed E-state index contributed by atoms with van der Waals surface area (Å²) in [7, 11) is 0. The molecular formula is C13H19NO3S. The van der Waals surface area contributed by atoms with Gasteiger partial charge in [0, 0.05) is 11.3 Å². The number of hydrogen-bond acceptors (Lipinski definition) is 4. The minimum absolute atomic E-state index is 0.00620. The van der Waals surface area contributed by atoms with Crippen molar-refractivity contribution in [3.05, 3.63) is 21.9 Å². The zero-order valence-electron chi connectivity index (χ0n) is 11.2. The van der Waals surface area contributed by atoms with Gasteiger partial charge in [0.15, 0.2) is 5.78 Å². The number of alkyl carbamates (subject to hydrolysis) is 1. The summed E-state index contributed by atoms with van der Waals surface area (Å²) in [4.78, 5) is 24.1. The first-order valence-electron chi connectivity index (χ1n) is 5.79. The summed E-state index contributed by atoms with van der Waals surface area (Å²) in [6.45, 7) is 7.32. The van der Waals surface area contributed by atoms with Crippen molar-refractivity contribution >= 4 is 23.2 Å². The number of ketones is 1. The van der Waals surface area contributed by atoms with Gasteiger partial charge in [-0.15, -0.1) is 11.3 Å². The lowest BCUT2D eigenvalue weighted by atomic mass is 10.2. The van der Waals surface area contributed by atoms with Crippen LogP contribution in [0.15, 0.2) is 11.4 Å². The van der Waals surface area contributed by atoms with Gasteiger partial charge in [-0.05, 0) is 44.7 Å². The van der Waals surface area contributed by atoms with E-state index >= 15 is 0 Å². The van der Waals surface area contributed by atoms with Crippen molar-refractivity contribution in [2.75, 3.05) is 6.54 Å². The molecule has 1 aromatic heterocycles. The summed E-state index contributed by atoms with van der Waals surface area (Å²) in [5.41, 5.74) is 0.572. The fourth-order valence-corrected chi connectivity index (χ4v) is 2.25. The number of aryl methyl sites for hydroxylation is 1. The van der Waals surface area contributed by atoms with Gasteiger partial charge < -0.3 is 10.1 Å². The monoisotopic (exact) mass is 269 g/mol. The quantitative estimate of drug-likeness (QED) is 0.914. The molecule has 1 aromatic rings. The molecule has 0 radical (unpaired) electrons. The van der Waals surface area contributed by atoms with E-state index in [1.165, 1.54) is 0 Å². The summed E-state index contributed by atoms with van der Waals surface area (Å²) in [5, 5.41) is 4.42. The minimum Gasteiger partial charge on any atom is -0.444 e. The van der Waals surface area contributed by atoms with Crippen LogP contribution in [-0.2, 0) is 16.0 Å². The summed E-state index contributed by atoms with van der Waals surface area (Å²) >= 11 is 1.56. The number of carbonyl (C=O) groups is 2. The highest BCUT2D eigenvalue weighted by molar-refractivity contribution is 7.10. The van der Waals surface area contributed by atoms with Gasteiger partial charge in [-0.2, -0.15) is 0 Å². The summed E-state index contributed by atoms with van der Waals surface area (Å²) in [6, 6.07) is 1.98. The van der Waals surface area contributed by atoms with Crippen LogP contribution >= 0.6 is 11.3 Å². The minimum atomic E-state index is -0.557. The van der Waals surface area contributed by atoms with Crippen LogP contribution < -0.4 is 5.32 Å². The Morgan fingerprint density at radius 1 is 1.39 bits per heavy atom.